The molecule has 9 heteroatoms. The van der Waals surface area contributed by atoms with Crippen molar-refractivity contribution < 1.29 is 18.0 Å². The van der Waals surface area contributed by atoms with Gasteiger partial charge in [0.15, 0.2) is 0 Å². The third-order valence-electron chi connectivity index (χ3n) is 5.70. The van der Waals surface area contributed by atoms with Crippen LogP contribution in [0.5, 0.6) is 0 Å². The molecule has 1 aliphatic rings. The first-order chi connectivity index (χ1) is 16.2. The van der Waals surface area contributed by atoms with Crippen LogP contribution in [0.2, 0.25) is 5.02 Å². The summed E-state index contributed by atoms with van der Waals surface area (Å²) in [6.07, 6.45) is 1.48. The molecule has 1 fully saturated rings. The zero-order chi connectivity index (χ0) is 24.3. The van der Waals surface area contributed by atoms with Crippen molar-refractivity contribution in [3.05, 3.63) is 88.4 Å². The van der Waals surface area contributed by atoms with E-state index in [2.05, 4.69) is 10.0 Å². The summed E-state index contributed by atoms with van der Waals surface area (Å²) < 4.78 is 28.0. The van der Waals surface area contributed by atoms with E-state index in [-0.39, 0.29) is 16.7 Å². The number of anilines is 2. The summed E-state index contributed by atoms with van der Waals surface area (Å²) in [5.41, 5.74) is 2.93. The first-order valence-corrected chi connectivity index (χ1v) is 12.6. The van der Waals surface area contributed by atoms with Gasteiger partial charge in [-0.25, -0.2) is 8.42 Å². The summed E-state index contributed by atoms with van der Waals surface area (Å²) in [6, 6.07) is 18.0. The molecular formula is C25H24ClN3O4S. The third-order valence-corrected chi connectivity index (χ3v) is 7.49. The van der Waals surface area contributed by atoms with Crippen LogP contribution >= 0.6 is 11.6 Å². The molecule has 0 aliphatic carbocycles. The molecule has 3 aromatic carbocycles. The summed E-state index contributed by atoms with van der Waals surface area (Å²) in [7, 11) is -3.82. The van der Waals surface area contributed by atoms with Crippen molar-refractivity contribution in [2.24, 2.45) is 0 Å². The Morgan fingerprint density at radius 2 is 1.74 bits per heavy atom. The van der Waals surface area contributed by atoms with Crippen LogP contribution in [0.15, 0.2) is 71.6 Å². The van der Waals surface area contributed by atoms with Gasteiger partial charge in [-0.05, 0) is 73.0 Å². The predicted molar refractivity (Wildman–Crippen MR) is 132 cm³/mol. The largest absolute Gasteiger partial charge is 0.338 e. The van der Waals surface area contributed by atoms with Gasteiger partial charge in [-0.3, -0.25) is 14.3 Å². The van der Waals surface area contributed by atoms with Crippen molar-refractivity contribution in [2.75, 3.05) is 16.6 Å². The van der Waals surface area contributed by atoms with Gasteiger partial charge >= 0.3 is 0 Å². The molecule has 176 valence electrons. The number of sulfonamides is 1. The van der Waals surface area contributed by atoms with Crippen molar-refractivity contribution in [1.29, 1.82) is 0 Å². The molecule has 0 atom stereocenters. The number of carbonyl (C=O) groups excluding carboxylic acids is 2. The normalized spacial score (nSPS) is 13.7. The van der Waals surface area contributed by atoms with Gasteiger partial charge in [0, 0.05) is 35.8 Å². The molecule has 1 saturated heterocycles. The van der Waals surface area contributed by atoms with Crippen LogP contribution in [0.25, 0.3) is 0 Å². The number of nitrogens with zero attached hydrogens (tertiary/aromatic N) is 1. The fourth-order valence-corrected chi connectivity index (χ4v) is 4.99. The predicted octanol–water partition coefficient (Wildman–Crippen LogP) is 4.82. The summed E-state index contributed by atoms with van der Waals surface area (Å²) in [4.78, 5) is 26.2. The highest BCUT2D eigenvalue weighted by atomic mass is 35.5. The fourth-order valence-electron chi connectivity index (χ4n) is 3.70. The van der Waals surface area contributed by atoms with E-state index in [4.69, 9.17) is 11.6 Å². The molecule has 1 heterocycles. The molecule has 2 amide bonds. The SMILES string of the molecule is Cc1c(Cl)cccc1NS(=O)(=O)c1ccc(NC(=O)c2ccc(CN3CCCC3=O)cc2)cc1. The smallest absolute Gasteiger partial charge is 0.261 e. The number of hydrogen-bond donors (Lipinski definition) is 2. The van der Waals surface area contributed by atoms with E-state index < -0.39 is 10.0 Å². The van der Waals surface area contributed by atoms with Gasteiger partial charge in [-0.2, -0.15) is 0 Å². The highest BCUT2D eigenvalue weighted by molar-refractivity contribution is 7.92. The molecule has 34 heavy (non-hydrogen) atoms. The minimum absolute atomic E-state index is 0.0608. The van der Waals surface area contributed by atoms with Crippen LogP contribution in [0.3, 0.4) is 0 Å². The highest BCUT2D eigenvalue weighted by Gasteiger charge is 2.20. The summed E-state index contributed by atoms with van der Waals surface area (Å²) in [5, 5.41) is 3.24. The van der Waals surface area contributed by atoms with Crippen LogP contribution in [-0.2, 0) is 21.4 Å². The van der Waals surface area contributed by atoms with Crippen molar-refractivity contribution in [1.82, 2.24) is 4.90 Å². The quantitative estimate of drug-likeness (QED) is 0.489. The second-order valence-corrected chi connectivity index (χ2v) is 10.2. The highest BCUT2D eigenvalue weighted by Crippen LogP contribution is 2.26. The van der Waals surface area contributed by atoms with Gasteiger partial charge in [-0.1, -0.05) is 29.8 Å². The van der Waals surface area contributed by atoms with Crippen LogP contribution < -0.4 is 10.0 Å². The fraction of sp³-hybridized carbons (Fsp3) is 0.200. The van der Waals surface area contributed by atoms with Crippen LogP contribution in [0, 0.1) is 6.92 Å². The second-order valence-electron chi connectivity index (χ2n) is 8.11. The van der Waals surface area contributed by atoms with Gasteiger partial charge in [0.2, 0.25) is 5.91 Å². The molecule has 4 rings (SSSR count). The topological polar surface area (TPSA) is 95.6 Å². The zero-order valence-corrected chi connectivity index (χ0v) is 20.1. The van der Waals surface area contributed by atoms with Gasteiger partial charge in [0.25, 0.3) is 15.9 Å². The molecule has 0 spiro atoms. The Hall–Kier alpha value is -3.36. The number of hydrogen-bond acceptors (Lipinski definition) is 4. The van der Waals surface area contributed by atoms with Crippen molar-refractivity contribution in [2.45, 2.75) is 31.2 Å². The minimum atomic E-state index is -3.82. The molecule has 2 N–H and O–H groups in total. The lowest BCUT2D eigenvalue weighted by Gasteiger charge is -2.15. The number of carbonyl (C=O) groups is 2. The lowest BCUT2D eigenvalue weighted by molar-refractivity contribution is -0.128. The molecular weight excluding hydrogens is 474 g/mol. The Morgan fingerprint density at radius 3 is 2.38 bits per heavy atom. The van der Waals surface area contributed by atoms with Gasteiger partial charge in [0.05, 0.1) is 10.6 Å². The average Bonchev–Trinajstić information content (AvgIpc) is 3.22. The average molecular weight is 498 g/mol. The molecule has 0 saturated carbocycles. The minimum Gasteiger partial charge on any atom is -0.338 e. The lowest BCUT2D eigenvalue weighted by atomic mass is 10.1. The Kier molecular flexibility index (Phi) is 6.90. The van der Waals surface area contributed by atoms with E-state index in [1.165, 1.54) is 24.3 Å². The Bertz CT molecular complexity index is 1320. The number of rotatable bonds is 7. The second kappa shape index (κ2) is 9.87. The Morgan fingerprint density at radius 1 is 1.03 bits per heavy atom. The molecule has 0 unspecified atom stereocenters. The lowest BCUT2D eigenvalue weighted by Crippen LogP contribution is -2.23. The molecule has 0 radical (unpaired) electrons. The van der Waals surface area contributed by atoms with Gasteiger partial charge in [-0.15, -0.1) is 0 Å². The van der Waals surface area contributed by atoms with Crippen LogP contribution in [0.1, 0.15) is 34.3 Å². The number of benzene rings is 3. The summed E-state index contributed by atoms with van der Waals surface area (Å²) in [6.45, 7) is 3.04. The van der Waals surface area contributed by atoms with Crippen LogP contribution in [0.4, 0.5) is 11.4 Å². The third kappa shape index (κ3) is 5.40. The van der Waals surface area contributed by atoms with E-state index >= 15 is 0 Å². The Labute approximate surface area is 203 Å². The number of halogens is 1. The maximum Gasteiger partial charge on any atom is 0.261 e. The first-order valence-electron chi connectivity index (χ1n) is 10.8. The van der Waals surface area contributed by atoms with Crippen molar-refractivity contribution in [3.63, 3.8) is 0 Å². The van der Waals surface area contributed by atoms with Crippen LogP contribution in [-0.4, -0.2) is 31.7 Å². The first kappa shape index (κ1) is 23.8. The maximum absolute atomic E-state index is 12.7. The van der Waals surface area contributed by atoms with E-state index in [1.54, 1.807) is 37.3 Å². The summed E-state index contributed by atoms with van der Waals surface area (Å²) >= 11 is 6.07. The molecule has 1 aliphatic heterocycles. The Balaban J connectivity index is 1.39. The molecule has 7 nitrogen and oxygen atoms in total. The monoisotopic (exact) mass is 497 g/mol. The van der Waals surface area contributed by atoms with E-state index in [0.717, 1.165) is 18.5 Å². The van der Waals surface area contributed by atoms with E-state index in [9.17, 15) is 18.0 Å². The van der Waals surface area contributed by atoms with E-state index in [1.807, 2.05) is 17.0 Å². The van der Waals surface area contributed by atoms with E-state index in [0.29, 0.717) is 40.5 Å². The standard InChI is InChI=1S/C25H24ClN3O4S/c1-17-22(26)4-2-5-23(17)28-34(32,33)21-13-11-20(12-14-21)27-25(31)19-9-7-18(8-10-19)16-29-15-3-6-24(29)30/h2,4-5,7-14,28H,3,6,15-16H2,1H3,(H,27,31). The van der Waals surface area contributed by atoms with Crippen molar-refractivity contribution in [3.8, 4) is 0 Å². The number of nitrogens with one attached hydrogen (secondary N) is 2. The van der Waals surface area contributed by atoms with Gasteiger partial charge in [0.1, 0.15) is 0 Å². The van der Waals surface area contributed by atoms with Crippen molar-refractivity contribution >= 4 is 44.8 Å². The molecule has 0 bridgehead atoms. The maximum atomic E-state index is 12.7. The van der Waals surface area contributed by atoms with Gasteiger partial charge < -0.3 is 10.2 Å². The number of amides is 2. The number of likely N-dealkylation sites (tertiary alicyclic amines) is 1. The summed E-state index contributed by atoms with van der Waals surface area (Å²) in [5.74, 6) is -0.155. The zero-order valence-electron chi connectivity index (χ0n) is 18.5. The molecule has 3 aromatic rings. The molecule has 0 aromatic heterocycles.